The second-order valence-corrected chi connectivity index (χ2v) is 29.6. The number of hydrogen-bond donors (Lipinski definition) is 3. The van der Waals surface area contributed by atoms with Gasteiger partial charge in [-0.1, -0.05) is 342 Å². The summed E-state index contributed by atoms with van der Waals surface area (Å²) in [6.07, 6.45) is 58.4. The molecule has 93 heavy (non-hydrogen) atoms. The number of esters is 4. The van der Waals surface area contributed by atoms with Gasteiger partial charge in [-0.05, 0) is 25.7 Å². The summed E-state index contributed by atoms with van der Waals surface area (Å²) in [6, 6.07) is 0. The van der Waals surface area contributed by atoms with Gasteiger partial charge in [0.15, 0.2) is 12.2 Å². The standard InChI is InChI=1S/C74H144O17P2/c1-5-9-13-17-21-25-28-30-31-32-33-34-35-36-37-38-40-42-45-49-53-57-61-74(79)91-70(65-85-72(77)59-55-51-47-44-41-39-29-26-22-18-14-10-6-2)67-89-93(82,83)87-63-68(75)62-86-92(80,81)88-66-69(64-84-71(76)58-54-50-46-24-20-16-12-8-4)90-73(78)60-56-52-48-43-27-23-19-15-11-7-3/h68-70,75H,5-67H2,1-4H3,(H,80,81)(H,82,83)/t68-,69+,70+/m0/s1. The van der Waals surface area contributed by atoms with Crippen LogP contribution in [0.25, 0.3) is 0 Å². The van der Waals surface area contributed by atoms with Gasteiger partial charge in [-0.15, -0.1) is 0 Å². The van der Waals surface area contributed by atoms with Crippen LogP contribution in [-0.4, -0.2) is 96.7 Å². The molecule has 5 atom stereocenters. The molecule has 0 fully saturated rings. The van der Waals surface area contributed by atoms with E-state index in [1.165, 1.54) is 218 Å². The highest BCUT2D eigenvalue weighted by Crippen LogP contribution is 2.45. The maximum atomic E-state index is 13.1. The monoisotopic (exact) mass is 1370 g/mol. The molecule has 552 valence electrons. The number of unbranched alkanes of at least 4 members (excludes halogenated alkanes) is 49. The van der Waals surface area contributed by atoms with Crippen LogP contribution in [0.4, 0.5) is 0 Å². The molecule has 3 N–H and O–H groups in total. The fourth-order valence-corrected chi connectivity index (χ4v) is 13.0. The van der Waals surface area contributed by atoms with Crippen molar-refractivity contribution in [2.45, 2.75) is 412 Å². The van der Waals surface area contributed by atoms with Crippen molar-refractivity contribution in [2.24, 2.45) is 0 Å². The van der Waals surface area contributed by atoms with E-state index in [2.05, 4.69) is 27.7 Å². The largest absolute Gasteiger partial charge is 0.472 e. The van der Waals surface area contributed by atoms with E-state index in [-0.39, 0.29) is 25.7 Å². The predicted octanol–water partition coefficient (Wildman–Crippen LogP) is 21.8. The highest BCUT2D eigenvalue weighted by Gasteiger charge is 2.30. The van der Waals surface area contributed by atoms with Crippen molar-refractivity contribution in [3.05, 3.63) is 0 Å². The minimum absolute atomic E-state index is 0.107. The zero-order valence-electron chi connectivity index (χ0n) is 60.2. The van der Waals surface area contributed by atoms with E-state index in [9.17, 15) is 43.2 Å². The first-order valence-corrected chi connectivity index (χ1v) is 41.8. The van der Waals surface area contributed by atoms with Gasteiger partial charge >= 0.3 is 39.5 Å². The number of rotatable bonds is 75. The van der Waals surface area contributed by atoms with Crippen LogP contribution < -0.4 is 0 Å². The molecular weight excluding hydrogens is 1220 g/mol. The third-order valence-corrected chi connectivity index (χ3v) is 19.3. The second-order valence-electron chi connectivity index (χ2n) is 26.7. The van der Waals surface area contributed by atoms with Gasteiger partial charge in [0.05, 0.1) is 26.4 Å². The Bertz CT molecular complexity index is 1770. The number of phosphoric acid groups is 2. The molecule has 0 aromatic carbocycles. The first kappa shape index (κ1) is 91.1. The second kappa shape index (κ2) is 68.6. The minimum Gasteiger partial charge on any atom is -0.462 e. The molecule has 0 heterocycles. The fourth-order valence-electron chi connectivity index (χ4n) is 11.4. The number of aliphatic hydroxyl groups excluding tert-OH is 1. The van der Waals surface area contributed by atoms with Crippen LogP contribution in [0.5, 0.6) is 0 Å². The van der Waals surface area contributed by atoms with Crippen LogP contribution >= 0.6 is 15.6 Å². The summed E-state index contributed by atoms with van der Waals surface area (Å²) in [5, 5.41) is 10.6. The lowest BCUT2D eigenvalue weighted by atomic mass is 10.0. The highest BCUT2D eigenvalue weighted by molar-refractivity contribution is 7.47. The van der Waals surface area contributed by atoms with Gasteiger partial charge in [0.2, 0.25) is 0 Å². The molecule has 0 bridgehead atoms. The molecule has 0 aliphatic carbocycles. The van der Waals surface area contributed by atoms with Crippen LogP contribution in [0, 0.1) is 0 Å². The number of carbonyl (C=O) groups is 4. The fraction of sp³-hybridized carbons (Fsp3) is 0.946. The topological polar surface area (TPSA) is 237 Å². The Balaban J connectivity index is 5.13. The quantitative estimate of drug-likeness (QED) is 0.0222. The molecule has 0 rings (SSSR count). The Labute approximate surface area is 568 Å². The number of phosphoric ester groups is 2. The van der Waals surface area contributed by atoms with Crippen LogP contribution in [0.1, 0.15) is 394 Å². The summed E-state index contributed by atoms with van der Waals surface area (Å²) in [4.78, 5) is 72.5. The third kappa shape index (κ3) is 68.4. The van der Waals surface area contributed by atoms with Crippen LogP contribution in [0.15, 0.2) is 0 Å². The Morgan fingerprint density at radius 2 is 0.430 bits per heavy atom. The van der Waals surface area contributed by atoms with Gasteiger partial charge in [-0.2, -0.15) is 0 Å². The number of ether oxygens (including phenoxy) is 4. The van der Waals surface area contributed by atoms with E-state index < -0.39 is 97.5 Å². The average molecular weight is 1370 g/mol. The molecule has 0 saturated heterocycles. The molecule has 0 aromatic heterocycles. The smallest absolute Gasteiger partial charge is 0.462 e. The Morgan fingerprint density at radius 1 is 0.258 bits per heavy atom. The molecule has 19 heteroatoms. The van der Waals surface area contributed by atoms with Gasteiger partial charge in [-0.25, -0.2) is 9.13 Å². The van der Waals surface area contributed by atoms with Crippen molar-refractivity contribution in [3.8, 4) is 0 Å². The molecular formula is C74H144O17P2. The average Bonchev–Trinajstić information content (AvgIpc) is 3.73. The van der Waals surface area contributed by atoms with Gasteiger partial charge < -0.3 is 33.8 Å². The maximum Gasteiger partial charge on any atom is 0.472 e. The maximum absolute atomic E-state index is 13.1. The van der Waals surface area contributed by atoms with E-state index >= 15 is 0 Å². The summed E-state index contributed by atoms with van der Waals surface area (Å²) < 4.78 is 68.3. The molecule has 2 unspecified atom stereocenters. The summed E-state index contributed by atoms with van der Waals surface area (Å²) in [6.45, 7) is 4.93. The number of aliphatic hydroxyl groups is 1. The summed E-state index contributed by atoms with van der Waals surface area (Å²) in [5.74, 6) is -2.12. The van der Waals surface area contributed by atoms with Crippen molar-refractivity contribution in [1.29, 1.82) is 0 Å². The van der Waals surface area contributed by atoms with Crippen molar-refractivity contribution >= 4 is 39.5 Å². The highest BCUT2D eigenvalue weighted by atomic mass is 31.2. The van der Waals surface area contributed by atoms with E-state index in [0.29, 0.717) is 25.7 Å². The van der Waals surface area contributed by atoms with E-state index in [0.717, 1.165) is 96.3 Å². The van der Waals surface area contributed by atoms with E-state index in [1.54, 1.807) is 0 Å². The molecule has 0 spiro atoms. The van der Waals surface area contributed by atoms with Crippen molar-refractivity contribution in [2.75, 3.05) is 39.6 Å². The Morgan fingerprint density at radius 3 is 0.634 bits per heavy atom. The predicted molar refractivity (Wildman–Crippen MR) is 377 cm³/mol. The van der Waals surface area contributed by atoms with Gasteiger partial charge in [0.25, 0.3) is 0 Å². The molecule has 0 aliphatic rings. The SMILES string of the molecule is CCCCCCCCCCCCCCCCCCCCCCCCC(=O)O[C@H](COC(=O)CCCCCCCCCCCCCCC)COP(=O)(O)OC[C@@H](O)COP(=O)(O)OC[C@@H](COC(=O)CCCCCCCCCC)OC(=O)CCCCCCCCCCCC. The summed E-state index contributed by atoms with van der Waals surface area (Å²) >= 11 is 0. The van der Waals surface area contributed by atoms with Gasteiger partial charge in [0, 0.05) is 25.7 Å². The van der Waals surface area contributed by atoms with Gasteiger partial charge in [-0.3, -0.25) is 37.3 Å². The molecule has 0 saturated carbocycles. The lowest BCUT2D eigenvalue weighted by Crippen LogP contribution is -2.30. The van der Waals surface area contributed by atoms with E-state index in [1.807, 2.05) is 0 Å². The zero-order valence-corrected chi connectivity index (χ0v) is 62.0. The lowest BCUT2D eigenvalue weighted by Gasteiger charge is -2.21. The van der Waals surface area contributed by atoms with Crippen LogP contribution in [0.2, 0.25) is 0 Å². The van der Waals surface area contributed by atoms with Gasteiger partial charge in [0.1, 0.15) is 19.3 Å². The molecule has 0 amide bonds. The van der Waals surface area contributed by atoms with Crippen molar-refractivity contribution < 1.29 is 80.2 Å². The van der Waals surface area contributed by atoms with E-state index in [4.69, 9.17) is 37.0 Å². The normalized spacial score (nSPS) is 13.9. The number of carbonyl (C=O) groups excluding carboxylic acids is 4. The zero-order chi connectivity index (χ0) is 68.2. The van der Waals surface area contributed by atoms with Crippen LogP contribution in [0.3, 0.4) is 0 Å². The van der Waals surface area contributed by atoms with Crippen LogP contribution in [-0.2, 0) is 65.4 Å². The molecule has 0 radical (unpaired) electrons. The van der Waals surface area contributed by atoms with Crippen molar-refractivity contribution in [3.63, 3.8) is 0 Å². The third-order valence-electron chi connectivity index (χ3n) is 17.4. The summed E-state index contributed by atoms with van der Waals surface area (Å²) in [5.41, 5.74) is 0. The molecule has 0 aliphatic heterocycles. The number of hydrogen-bond acceptors (Lipinski definition) is 15. The Kier molecular flexibility index (Phi) is 67.1. The lowest BCUT2D eigenvalue weighted by molar-refractivity contribution is -0.161. The summed E-state index contributed by atoms with van der Waals surface area (Å²) in [7, 11) is -9.90. The molecule has 17 nitrogen and oxygen atoms in total. The Hall–Kier alpha value is -1.94. The van der Waals surface area contributed by atoms with Crippen molar-refractivity contribution in [1.82, 2.24) is 0 Å². The molecule has 0 aromatic rings. The first-order valence-electron chi connectivity index (χ1n) is 38.8. The minimum atomic E-state index is -4.95. The first-order chi connectivity index (χ1) is 45.2.